The zero-order valence-corrected chi connectivity index (χ0v) is 10.6. The van der Waals surface area contributed by atoms with Crippen molar-refractivity contribution in [3.8, 4) is 0 Å². The van der Waals surface area contributed by atoms with Gasteiger partial charge in [0.15, 0.2) is 0 Å². The normalized spacial score (nSPS) is 24.7. The first-order chi connectivity index (χ1) is 4.33. The van der Waals surface area contributed by atoms with Crippen LogP contribution in [0.4, 0.5) is 0 Å². The van der Waals surface area contributed by atoms with Crippen molar-refractivity contribution in [3.63, 3.8) is 0 Å². The second kappa shape index (κ2) is 3.35. The van der Waals surface area contributed by atoms with Crippen LogP contribution in [0, 0.1) is 0 Å². The summed E-state index contributed by atoms with van der Waals surface area (Å²) in [6, 6.07) is 0. The van der Waals surface area contributed by atoms with Gasteiger partial charge < -0.3 is 0 Å². The first-order valence-corrected chi connectivity index (χ1v) is 15.3. The Bertz CT molecular complexity index is 76.6. The van der Waals surface area contributed by atoms with Gasteiger partial charge in [0.25, 0.3) is 0 Å². The Balaban J connectivity index is 2.45. The molecule has 1 rings (SSSR count). The van der Waals surface area contributed by atoms with Crippen molar-refractivity contribution in [2.24, 2.45) is 0 Å². The van der Waals surface area contributed by atoms with E-state index in [1.165, 1.54) is 0 Å². The average molecular weight is 321 g/mol. The summed E-state index contributed by atoms with van der Waals surface area (Å²) in [6.07, 6.45) is 3.17. The summed E-state index contributed by atoms with van der Waals surface area (Å²) in [4.78, 5) is 0. The first-order valence-electron chi connectivity index (χ1n) is 4.33. The van der Waals surface area contributed by atoms with E-state index >= 15 is 0 Å². The van der Waals surface area contributed by atoms with Gasteiger partial charge in [-0.25, -0.2) is 0 Å². The Morgan fingerprint density at radius 3 is 1.67 bits per heavy atom. The van der Waals surface area contributed by atoms with Gasteiger partial charge in [0.2, 0.25) is 0 Å². The molecule has 1 heterocycles. The van der Waals surface area contributed by atoms with Gasteiger partial charge in [-0.2, -0.15) is 0 Å². The Morgan fingerprint density at radius 2 is 1.44 bits per heavy atom. The SMILES string of the molecule is C[CH2][Pb]1([CH2]C)[CH2]CC[CH2]1. The van der Waals surface area contributed by atoms with Gasteiger partial charge in [0.1, 0.15) is 0 Å². The van der Waals surface area contributed by atoms with Crippen LogP contribution in [0.1, 0.15) is 26.7 Å². The molecule has 0 nitrogen and oxygen atoms in total. The molecular formula is C8H18Pb. The first kappa shape index (κ1) is 8.02. The van der Waals surface area contributed by atoms with Crippen LogP contribution in [0.2, 0.25) is 15.9 Å². The predicted octanol–water partition coefficient (Wildman–Crippen LogP) is 3.27. The standard InChI is InChI=1S/C4H8.2C2H5.Pb/c1-3-4-2;2*1-2;/h1-4H2;2*1H2,2H3;. The molecule has 0 amide bonds. The molecule has 54 valence electrons. The van der Waals surface area contributed by atoms with E-state index in [2.05, 4.69) is 13.8 Å². The molecule has 0 atom stereocenters. The molecule has 1 aliphatic rings. The molecule has 0 aromatic rings. The van der Waals surface area contributed by atoms with Crippen LogP contribution < -0.4 is 0 Å². The van der Waals surface area contributed by atoms with Crippen LogP contribution >= 0.6 is 0 Å². The Labute approximate surface area is 63.7 Å². The Morgan fingerprint density at radius 1 is 1.00 bits per heavy atom. The molecule has 0 radical (unpaired) electrons. The minimum absolute atomic E-state index is 1.40. The maximum absolute atomic E-state index is 2.44. The summed E-state index contributed by atoms with van der Waals surface area (Å²) in [5.41, 5.74) is 0. The van der Waals surface area contributed by atoms with E-state index in [0.29, 0.717) is 0 Å². The van der Waals surface area contributed by atoms with E-state index in [1.54, 1.807) is 28.8 Å². The van der Waals surface area contributed by atoms with Crippen LogP contribution in [0.5, 0.6) is 0 Å². The zero-order chi connectivity index (χ0) is 6.74. The molecule has 1 saturated heterocycles. The molecule has 0 saturated carbocycles. The topological polar surface area (TPSA) is 0 Å². The fourth-order valence-corrected chi connectivity index (χ4v) is 18.3. The third-order valence-electron chi connectivity index (χ3n) is 3.16. The van der Waals surface area contributed by atoms with Gasteiger partial charge >= 0.3 is 63.8 Å². The van der Waals surface area contributed by atoms with Gasteiger partial charge in [-0.05, 0) is 0 Å². The number of hydrogen-bond donors (Lipinski definition) is 0. The molecule has 1 aliphatic heterocycles. The van der Waals surface area contributed by atoms with E-state index in [0.717, 1.165) is 0 Å². The average Bonchev–Trinajstić information content (AvgIpc) is 2.36. The van der Waals surface area contributed by atoms with Gasteiger partial charge in [-0.1, -0.05) is 0 Å². The van der Waals surface area contributed by atoms with Crippen molar-refractivity contribution in [2.45, 2.75) is 42.6 Å². The summed E-state index contributed by atoms with van der Waals surface area (Å²) in [5.74, 6) is 0. The van der Waals surface area contributed by atoms with Crippen LogP contribution in [0.15, 0.2) is 0 Å². The molecule has 9 heavy (non-hydrogen) atoms. The fourth-order valence-electron chi connectivity index (χ4n) is 2.08. The number of rotatable bonds is 2. The maximum atomic E-state index is 2.44. The third-order valence-corrected chi connectivity index (χ3v) is 25.8. The predicted molar refractivity (Wildman–Crippen MR) is 45.6 cm³/mol. The zero-order valence-electron chi connectivity index (χ0n) is 6.74. The van der Waals surface area contributed by atoms with E-state index < -0.39 is 21.2 Å². The van der Waals surface area contributed by atoms with Crippen molar-refractivity contribution in [3.05, 3.63) is 0 Å². The molecule has 0 spiro atoms. The Kier molecular flexibility index (Phi) is 2.99. The summed E-state index contributed by atoms with van der Waals surface area (Å²) in [6.45, 7) is 4.88. The van der Waals surface area contributed by atoms with E-state index in [4.69, 9.17) is 0 Å². The van der Waals surface area contributed by atoms with Gasteiger partial charge in [0.05, 0.1) is 0 Å². The van der Waals surface area contributed by atoms with Crippen molar-refractivity contribution < 1.29 is 0 Å². The molecule has 0 unspecified atom stereocenters. The van der Waals surface area contributed by atoms with Crippen molar-refractivity contribution in [1.29, 1.82) is 0 Å². The molecule has 0 bridgehead atoms. The molecular weight excluding hydrogens is 303 g/mol. The summed E-state index contributed by atoms with van der Waals surface area (Å²) < 4.78 is 6.70. The van der Waals surface area contributed by atoms with Gasteiger partial charge in [-0.15, -0.1) is 0 Å². The number of hydrogen-bond acceptors (Lipinski definition) is 0. The monoisotopic (exact) mass is 322 g/mol. The summed E-state index contributed by atoms with van der Waals surface area (Å²) in [7, 11) is 0. The van der Waals surface area contributed by atoms with Crippen LogP contribution in [0.3, 0.4) is 0 Å². The van der Waals surface area contributed by atoms with Crippen molar-refractivity contribution >= 4 is 21.2 Å². The molecule has 0 aliphatic carbocycles. The van der Waals surface area contributed by atoms with E-state index in [9.17, 15) is 0 Å². The van der Waals surface area contributed by atoms with Crippen molar-refractivity contribution in [1.82, 2.24) is 0 Å². The van der Waals surface area contributed by atoms with E-state index in [1.807, 2.05) is 0 Å². The van der Waals surface area contributed by atoms with Gasteiger partial charge in [-0.3, -0.25) is 0 Å². The molecule has 1 fully saturated rings. The molecule has 0 N–H and O–H groups in total. The van der Waals surface area contributed by atoms with Crippen LogP contribution in [0.25, 0.3) is 0 Å². The van der Waals surface area contributed by atoms with Crippen molar-refractivity contribution in [2.75, 3.05) is 0 Å². The van der Waals surface area contributed by atoms with Crippen LogP contribution in [-0.4, -0.2) is 21.2 Å². The Hall–Kier alpha value is 0.922. The fraction of sp³-hybridized carbons (Fsp3) is 1.00. The quantitative estimate of drug-likeness (QED) is 0.685. The van der Waals surface area contributed by atoms with Gasteiger partial charge in [0, 0.05) is 0 Å². The molecule has 0 aromatic carbocycles. The third kappa shape index (κ3) is 1.69. The second-order valence-corrected chi connectivity index (χ2v) is 24.5. The molecule has 1 heteroatoms. The van der Waals surface area contributed by atoms with Crippen LogP contribution in [-0.2, 0) is 0 Å². The second-order valence-electron chi connectivity index (χ2n) is 3.41. The van der Waals surface area contributed by atoms with E-state index in [-0.39, 0.29) is 0 Å². The minimum atomic E-state index is -1.40. The summed E-state index contributed by atoms with van der Waals surface area (Å²) >= 11 is -1.40. The summed E-state index contributed by atoms with van der Waals surface area (Å²) in [5, 5.41) is 0. The molecule has 0 aromatic heterocycles.